The Kier molecular flexibility index (Phi) is 6.68. The number of piperidine rings is 1. The van der Waals surface area contributed by atoms with Crippen LogP contribution in [0, 0.1) is 11.3 Å². The average molecular weight is 424 g/mol. The summed E-state index contributed by atoms with van der Waals surface area (Å²) in [5.74, 6) is 2.47. The van der Waals surface area contributed by atoms with E-state index in [0.717, 1.165) is 37.2 Å². The number of hydrogen-bond acceptors (Lipinski definition) is 5. The number of nitriles is 1. The molecular formula is C23H25N3OS2. The molecule has 4 nitrogen and oxygen atoms in total. The summed E-state index contributed by atoms with van der Waals surface area (Å²) in [6.45, 7) is 1.82. The highest BCUT2D eigenvalue weighted by Gasteiger charge is 2.22. The zero-order valence-electron chi connectivity index (χ0n) is 16.3. The maximum absolute atomic E-state index is 12.7. The van der Waals surface area contributed by atoms with Gasteiger partial charge in [0.05, 0.1) is 16.2 Å². The molecule has 0 aliphatic carbocycles. The molecule has 2 aliphatic heterocycles. The minimum Gasteiger partial charge on any atom is -0.371 e. The molecule has 2 saturated heterocycles. The van der Waals surface area contributed by atoms with E-state index in [1.165, 1.54) is 23.5 Å². The number of hydrogen-bond donors (Lipinski definition) is 1. The van der Waals surface area contributed by atoms with Gasteiger partial charge in [-0.25, -0.2) is 0 Å². The molecule has 150 valence electrons. The van der Waals surface area contributed by atoms with E-state index in [2.05, 4.69) is 28.4 Å². The zero-order valence-corrected chi connectivity index (χ0v) is 18.0. The van der Waals surface area contributed by atoms with Crippen molar-refractivity contribution in [3.63, 3.8) is 0 Å². The van der Waals surface area contributed by atoms with E-state index in [1.54, 1.807) is 0 Å². The lowest BCUT2D eigenvalue weighted by Crippen LogP contribution is -2.44. The molecule has 2 heterocycles. The van der Waals surface area contributed by atoms with E-state index < -0.39 is 0 Å². The topological polar surface area (TPSA) is 56.1 Å². The van der Waals surface area contributed by atoms with Gasteiger partial charge in [0.25, 0.3) is 5.91 Å². The Hall–Kier alpha value is -2.10. The van der Waals surface area contributed by atoms with Crippen molar-refractivity contribution in [2.24, 2.45) is 0 Å². The normalized spacial score (nSPS) is 18.2. The maximum Gasteiger partial charge on any atom is 0.251 e. The summed E-state index contributed by atoms with van der Waals surface area (Å²) < 4.78 is 0.507. The molecule has 0 radical (unpaired) electrons. The standard InChI is InChI=1S/C23H25N3OS2/c24-16-17-2-8-21(9-3-17)26-12-10-20(11-13-26)25-22(27)18-4-6-19(7-5-18)23-28-14-1-15-29-23/h2-9,20,23H,1,10-15H2,(H,25,27). The molecule has 0 saturated carbocycles. The lowest BCUT2D eigenvalue weighted by molar-refractivity contribution is 0.0931. The number of carbonyl (C=O) groups is 1. The van der Waals surface area contributed by atoms with Crippen molar-refractivity contribution in [3.8, 4) is 6.07 Å². The predicted octanol–water partition coefficient (Wildman–Crippen LogP) is 4.83. The summed E-state index contributed by atoms with van der Waals surface area (Å²) in [5.41, 5.74) is 3.88. The van der Waals surface area contributed by atoms with Crippen LogP contribution in [0.3, 0.4) is 0 Å². The van der Waals surface area contributed by atoms with Crippen molar-refractivity contribution in [2.75, 3.05) is 29.5 Å². The second kappa shape index (κ2) is 9.60. The smallest absolute Gasteiger partial charge is 0.251 e. The van der Waals surface area contributed by atoms with Crippen LogP contribution in [-0.4, -0.2) is 36.5 Å². The fraction of sp³-hybridized carbons (Fsp3) is 0.391. The highest BCUT2D eigenvalue weighted by Crippen LogP contribution is 2.43. The molecule has 1 amide bonds. The predicted molar refractivity (Wildman–Crippen MR) is 123 cm³/mol. The zero-order chi connectivity index (χ0) is 20.1. The third kappa shape index (κ3) is 5.09. The molecular weight excluding hydrogens is 398 g/mol. The van der Waals surface area contributed by atoms with Crippen molar-refractivity contribution < 1.29 is 4.79 Å². The molecule has 2 aromatic rings. The number of anilines is 1. The molecule has 2 fully saturated rings. The summed E-state index contributed by atoms with van der Waals surface area (Å²) in [6.07, 6.45) is 3.15. The van der Waals surface area contributed by atoms with Gasteiger partial charge in [0.2, 0.25) is 0 Å². The highest BCUT2D eigenvalue weighted by molar-refractivity contribution is 8.16. The van der Waals surface area contributed by atoms with Gasteiger partial charge >= 0.3 is 0 Å². The lowest BCUT2D eigenvalue weighted by atomic mass is 10.0. The fourth-order valence-electron chi connectivity index (χ4n) is 3.77. The molecule has 2 aromatic carbocycles. The highest BCUT2D eigenvalue weighted by atomic mass is 32.2. The average Bonchev–Trinajstić information content (AvgIpc) is 2.80. The van der Waals surface area contributed by atoms with Crippen LogP contribution >= 0.6 is 23.5 Å². The Bertz CT molecular complexity index is 862. The van der Waals surface area contributed by atoms with Crippen LogP contribution < -0.4 is 10.2 Å². The molecule has 0 atom stereocenters. The van der Waals surface area contributed by atoms with Crippen LogP contribution in [0.1, 0.15) is 45.3 Å². The summed E-state index contributed by atoms with van der Waals surface area (Å²) in [5, 5.41) is 12.1. The van der Waals surface area contributed by atoms with Crippen molar-refractivity contribution in [1.29, 1.82) is 5.26 Å². The number of nitrogens with one attached hydrogen (secondary N) is 1. The van der Waals surface area contributed by atoms with Crippen LogP contribution in [0.25, 0.3) is 0 Å². The monoisotopic (exact) mass is 423 g/mol. The van der Waals surface area contributed by atoms with Crippen molar-refractivity contribution in [3.05, 3.63) is 65.2 Å². The Morgan fingerprint density at radius 2 is 1.66 bits per heavy atom. The van der Waals surface area contributed by atoms with Crippen molar-refractivity contribution in [2.45, 2.75) is 29.9 Å². The third-order valence-corrected chi connectivity index (χ3v) is 8.48. The van der Waals surface area contributed by atoms with Crippen molar-refractivity contribution >= 4 is 35.1 Å². The van der Waals surface area contributed by atoms with E-state index in [4.69, 9.17) is 5.26 Å². The van der Waals surface area contributed by atoms with Crippen LogP contribution in [0.4, 0.5) is 5.69 Å². The molecule has 1 N–H and O–H groups in total. The summed E-state index contributed by atoms with van der Waals surface area (Å²) in [6, 6.07) is 18.2. The first-order valence-electron chi connectivity index (χ1n) is 10.1. The van der Waals surface area contributed by atoms with Gasteiger partial charge in [-0.2, -0.15) is 5.26 Å². The Labute approximate surface area is 181 Å². The Balaban J connectivity index is 1.28. The first-order valence-corrected chi connectivity index (χ1v) is 12.2. The Morgan fingerprint density at radius 1 is 1.00 bits per heavy atom. The molecule has 2 aliphatic rings. The maximum atomic E-state index is 12.7. The second-order valence-corrected chi connectivity index (χ2v) is 10.2. The molecule has 6 heteroatoms. The number of carbonyl (C=O) groups excluding carboxylic acids is 1. The van der Waals surface area contributed by atoms with Crippen molar-refractivity contribution in [1.82, 2.24) is 5.32 Å². The van der Waals surface area contributed by atoms with Gasteiger partial charge in [-0.05, 0) is 72.7 Å². The number of nitrogens with zero attached hydrogens (tertiary/aromatic N) is 2. The Morgan fingerprint density at radius 3 is 2.28 bits per heavy atom. The van der Waals surface area contributed by atoms with Gasteiger partial charge in [-0.3, -0.25) is 4.79 Å². The molecule has 0 aromatic heterocycles. The largest absolute Gasteiger partial charge is 0.371 e. The van der Waals surface area contributed by atoms with E-state index >= 15 is 0 Å². The first kappa shape index (κ1) is 20.2. The fourth-order valence-corrected chi connectivity index (χ4v) is 6.66. The number of amides is 1. The molecule has 0 spiro atoms. The van der Waals surface area contributed by atoms with E-state index in [1.807, 2.05) is 59.9 Å². The summed E-state index contributed by atoms with van der Waals surface area (Å²) in [7, 11) is 0. The molecule has 29 heavy (non-hydrogen) atoms. The minimum absolute atomic E-state index is 0.0253. The molecule has 4 rings (SSSR count). The van der Waals surface area contributed by atoms with Crippen LogP contribution in [0.15, 0.2) is 48.5 Å². The van der Waals surface area contributed by atoms with Gasteiger partial charge < -0.3 is 10.2 Å². The SMILES string of the molecule is N#Cc1ccc(N2CCC(NC(=O)c3ccc(C4SCCCS4)cc3)CC2)cc1. The number of rotatable bonds is 4. The molecule has 0 unspecified atom stereocenters. The summed E-state index contributed by atoms with van der Waals surface area (Å²) in [4.78, 5) is 15.0. The molecule has 0 bridgehead atoms. The first-order chi connectivity index (χ1) is 14.2. The van der Waals surface area contributed by atoms with Gasteiger partial charge in [-0.15, -0.1) is 23.5 Å². The van der Waals surface area contributed by atoms with Gasteiger partial charge in [-0.1, -0.05) is 12.1 Å². The van der Waals surface area contributed by atoms with Crippen LogP contribution in [0.5, 0.6) is 0 Å². The van der Waals surface area contributed by atoms with Crippen LogP contribution in [0.2, 0.25) is 0 Å². The number of thioether (sulfide) groups is 2. The van der Waals surface area contributed by atoms with Gasteiger partial charge in [0.15, 0.2) is 0 Å². The number of benzene rings is 2. The van der Waals surface area contributed by atoms with E-state index in [-0.39, 0.29) is 11.9 Å². The van der Waals surface area contributed by atoms with Crippen LogP contribution in [-0.2, 0) is 0 Å². The lowest BCUT2D eigenvalue weighted by Gasteiger charge is -2.34. The van der Waals surface area contributed by atoms with Gasteiger partial charge in [0, 0.05) is 30.4 Å². The van der Waals surface area contributed by atoms with E-state index in [9.17, 15) is 4.79 Å². The summed E-state index contributed by atoms with van der Waals surface area (Å²) >= 11 is 4.00. The minimum atomic E-state index is 0.0253. The van der Waals surface area contributed by atoms with E-state index in [0.29, 0.717) is 10.1 Å². The van der Waals surface area contributed by atoms with Gasteiger partial charge in [0.1, 0.15) is 0 Å². The quantitative estimate of drug-likeness (QED) is 0.764. The third-order valence-electron chi connectivity index (χ3n) is 5.46. The second-order valence-electron chi connectivity index (χ2n) is 7.44.